The molecule has 1 N–H and O–H groups in total. The SMILES string of the molecule is C1=Cc2c(n(-c3ccccc3)c3c2ccc2c4ccccc4[nH]c23)CC1. The van der Waals surface area contributed by atoms with Crippen LogP contribution in [0.4, 0.5) is 0 Å². The lowest BCUT2D eigenvalue weighted by atomic mass is 10.0. The van der Waals surface area contributed by atoms with Gasteiger partial charge in [-0.05, 0) is 31.0 Å². The van der Waals surface area contributed by atoms with Gasteiger partial charge in [0.25, 0.3) is 0 Å². The Morgan fingerprint density at radius 2 is 1.58 bits per heavy atom. The lowest BCUT2D eigenvalue weighted by Crippen LogP contribution is -2.02. The van der Waals surface area contributed by atoms with E-state index in [9.17, 15) is 0 Å². The standard InChI is InChI=1S/C24H18N2/c1-2-8-16(9-3-1)26-22-13-7-5-11-18(22)20-15-14-19-17-10-4-6-12-21(17)25-23(19)24(20)26/h1-6,8-12,14-15,25H,7,13H2. The summed E-state index contributed by atoms with van der Waals surface area (Å²) in [5, 5.41) is 3.92. The summed E-state index contributed by atoms with van der Waals surface area (Å²) in [4.78, 5) is 3.70. The van der Waals surface area contributed by atoms with Gasteiger partial charge in [0, 0.05) is 38.6 Å². The molecule has 26 heavy (non-hydrogen) atoms. The van der Waals surface area contributed by atoms with Crippen molar-refractivity contribution in [3.8, 4) is 5.69 Å². The summed E-state index contributed by atoms with van der Waals surface area (Å²) in [5.74, 6) is 0. The molecule has 0 fully saturated rings. The summed E-state index contributed by atoms with van der Waals surface area (Å²) >= 11 is 0. The maximum absolute atomic E-state index is 3.70. The Hall–Kier alpha value is -3.26. The van der Waals surface area contributed by atoms with Crippen molar-refractivity contribution in [1.29, 1.82) is 0 Å². The molecule has 0 unspecified atom stereocenters. The molecule has 0 radical (unpaired) electrons. The predicted molar refractivity (Wildman–Crippen MR) is 110 cm³/mol. The summed E-state index contributed by atoms with van der Waals surface area (Å²) in [6.07, 6.45) is 6.78. The molecule has 1 aliphatic carbocycles. The van der Waals surface area contributed by atoms with Gasteiger partial charge in [-0.1, -0.05) is 60.7 Å². The van der Waals surface area contributed by atoms with Gasteiger partial charge in [-0.3, -0.25) is 0 Å². The third-order valence-electron chi connectivity index (χ3n) is 5.60. The molecule has 0 aliphatic heterocycles. The Labute approximate surface area is 151 Å². The van der Waals surface area contributed by atoms with E-state index in [2.05, 4.69) is 88.4 Å². The van der Waals surface area contributed by atoms with Crippen molar-refractivity contribution in [3.63, 3.8) is 0 Å². The zero-order valence-electron chi connectivity index (χ0n) is 14.4. The molecule has 0 saturated heterocycles. The van der Waals surface area contributed by atoms with Crippen molar-refractivity contribution in [2.75, 3.05) is 0 Å². The van der Waals surface area contributed by atoms with Gasteiger partial charge >= 0.3 is 0 Å². The maximum atomic E-state index is 3.70. The normalized spacial score (nSPS) is 13.7. The van der Waals surface area contributed by atoms with Gasteiger partial charge in [0.2, 0.25) is 0 Å². The number of hydrogen-bond donors (Lipinski definition) is 1. The van der Waals surface area contributed by atoms with Crippen LogP contribution < -0.4 is 0 Å². The van der Waals surface area contributed by atoms with E-state index in [1.54, 1.807) is 0 Å². The van der Waals surface area contributed by atoms with Gasteiger partial charge in [0.05, 0.1) is 11.0 Å². The number of fused-ring (bicyclic) bond motifs is 7. The quantitative estimate of drug-likeness (QED) is 0.375. The molecule has 2 heterocycles. The van der Waals surface area contributed by atoms with Crippen LogP contribution in [0.15, 0.2) is 72.8 Å². The summed E-state index contributed by atoms with van der Waals surface area (Å²) in [7, 11) is 0. The highest BCUT2D eigenvalue weighted by Gasteiger charge is 2.21. The number of hydrogen-bond acceptors (Lipinski definition) is 0. The smallest absolute Gasteiger partial charge is 0.0780 e. The number of aromatic amines is 1. The average Bonchev–Trinajstić information content (AvgIpc) is 3.24. The average molecular weight is 334 g/mol. The fraction of sp³-hybridized carbons (Fsp3) is 0.0833. The van der Waals surface area contributed by atoms with Crippen LogP contribution >= 0.6 is 0 Å². The van der Waals surface area contributed by atoms with Gasteiger partial charge < -0.3 is 9.55 Å². The number of rotatable bonds is 1. The van der Waals surface area contributed by atoms with Crippen LogP contribution in [0.5, 0.6) is 0 Å². The minimum atomic E-state index is 1.08. The second-order valence-electron chi connectivity index (χ2n) is 7.03. The van der Waals surface area contributed by atoms with Crippen LogP contribution in [0.2, 0.25) is 0 Å². The molecule has 0 spiro atoms. The molecule has 0 amide bonds. The maximum Gasteiger partial charge on any atom is 0.0780 e. The summed E-state index contributed by atoms with van der Waals surface area (Å²) < 4.78 is 2.46. The highest BCUT2D eigenvalue weighted by atomic mass is 15.0. The Morgan fingerprint density at radius 1 is 0.769 bits per heavy atom. The number of benzene rings is 3. The second kappa shape index (κ2) is 5.12. The second-order valence-corrected chi connectivity index (χ2v) is 7.03. The fourth-order valence-electron chi connectivity index (χ4n) is 4.48. The van der Waals surface area contributed by atoms with E-state index in [1.807, 2.05) is 0 Å². The van der Waals surface area contributed by atoms with Crippen LogP contribution in [0.1, 0.15) is 17.7 Å². The molecule has 2 heteroatoms. The zero-order valence-corrected chi connectivity index (χ0v) is 14.4. The highest BCUT2D eigenvalue weighted by Crippen LogP contribution is 2.39. The van der Waals surface area contributed by atoms with Crippen molar-refractivity contribution in [3.05, 3.63) is 84.1 Å². The highest BCUT2D eigenvalue weighted by molar-refractivity contribution is 6.18. The van der Waals surface area contributed by atoms with E-state index >= 15 is 0 Å². The minimum Gasteiger partial charge on any atom is -0.353 e. The van der Waals surface area contributed by atoms with Crippen LogP contribution in [-0.4, -0.2) is 9.55 Å². The number of allylic oxidation sites excluding steroid dienone is 1. The lowest BCUT2D eigenvalue weighted by Gasteiger charge is -2.13. The van der Waals surface area contributed by atoms with E-state index in [0.717, 1.165) is 12.8 Å². The third kappa shape index (κ3) is 1.76. The molecule has 0 saturated carbocycles. The number of aromatic nitrogens is 2. The van der Waals surface area contributed by atoms with Crippen LogP contribution in [0.3, 0.4) is 0 Å². The molecule has 2 nitrogen and oxygen atoms in total. The van der Waals surface area contributed by atoms with Crippen molar-refractivity contribution in [1.82, 2.24) is 9.55 Å². The Bertz CT molecular complexity index is 1320. The molecule has 5 aromatic rings. The summed E-state index contributed by atoms with van der Waals surface area (Å²) in [5.41, 5.74) is 7.75. The number of H-pyrrole nitrogens is 1. The van der Waals surface area contributed by atoms with Crippen molar-refractivity contribution in [2.45, 2.75) is 12.8 Å². The Balaban J connectivity index is 1.86. The fourth-order valence-corrected chi connectivity index (χ4v) is 4.48. The first-order chi connectivity index (χ1) is 12.9. The molecule has 124 valence electrons. The first-order valence-corrected chi connectivity index (χ1v) is 9.20. The van der Waals surface area contributed by atoms with Crippen molar-refractivity contribution >= 4 is 38.8 Å². The van der Waals surface area contributed by atoms with E-state index < -0.39 is 0 Å². The van der Waals surface area contributed by atoms with Gasteiger partial charge in [-0.25, -0.2) is 0 Å². The first-order valence-electron chi connectivity index (χ1n) is 9.20. The summed E-state index contributed by atoms with van der Waals surface area (Å²) in [6.45, 7) is 0. The molecule has 3 aromatic carbocycles. The van der Waals surface area contributed by atoms with E-state index in [-0.39, 0.29) is 0 Å². The Kier molecular flexibility index (Phi) is 2.75. The third-order valence-corrected chi connectivity index (χ3v) is 5.60. The topological polar surface area (TPSA) is 20.7 Å². The first kappa shape index (κ1) is 14.0. The van der Waals surface area contributed by atoms with Crippen LogP contribution in [0, 0.1) is 0 Å². The molecular formula is C24H18N2. The van der Waals surface area contributed by atoms with E-state index in [0.29, 0.717) is 0 Å². The van der Waals surface area contributed by atoms with Gasteiger partial charge in [0.1, 0.15) is 0 Å². The van der Waals surface area contributed by atoms with Gasteiger partial charge in [-0.2, -0.15) is 0 Å². The van der Waals surface area contributed by atoms with Crippen molar-refractivity contribution < 1.29 is 0 Å². The van der Waals surface area contributed by atoms with Crippen LogP contribution in [-0.2, 0) is 6.42 Å². The molecule has 0 atom stereocenters. The van der Waals surface area contributed by atoms with E-state index in [4.69, 9.17) is 0 Å². The largest absolute Gasteiger partial charge is 0.353 e. The number of nitrogens with one attached hydrogen (secondary N) is 1. The number of nitrogens with zero attached hydrogens (tertiary/aromatic N) is 1. The molecule has 1 aliphatic rings. The Morgan fingerprint density at radius 3 is 2.50 bits per heavy atom. The molecule has 0 bridgehead atoms. The van der Waals surface area contributed by atoms with Gasteiger partial charge in [0.15, 0.2) is 0 Å². The molecule has 2 aromatic heterocycles. The van der Waals surface area contributed by atoms with E-state index in [1.165, 1.54) is 49.7 Å². The molecule has 6 rings (SSSR count). The predicted octanol–water partition coefficient (Wildman–Crippen LogP) is 6.22. The van der Waals surface area contributed by atoms with Gasteiger partial charge in [-0.15, -0.1) is 0 Å². The van der Waals surface area contributed by atoms with Crippen LogP contribution in [0.25, 0.3) is 44.5 Å². The molecular weight excluding hydrogens is 316 g/mol. The number of para-hydroxylation sites is 2. The summed E-state index contributed by atoms with van der Waals surface area (Å²) in [6, 6.07) is 23.9. The van der Waals surface area contributed by atoms with Crippen molar-refractivity contribution in [2.24, 2.45) is 0 Å². The zero-order chi connectivity index (χ0) is 17.1. The minimum absolute atomic E-state index is 1.08. The monoisotopic (exact) mass is 334 g/mol. The lowest BCUT2D eigenvalue weighted by molar-refractivity contribution is 0.889.